The summed E-state index contributed by atoms with van der Waals surface area (Å²) in [4.78, 5) is 22.3. The fourth-order valence-electron chi connectivity index (χ4n) is 1.67. The smallest absolute Gasteiger partial charge is 0.336 e. The molecule has 2 N–H and O–H groups in total. The van der Waals surface area contributed by atoms with Crippen LogP contribution in [0, 0.1) is 5.92 Å². The van der Waals surface area contributed by atoms with E-state index in [4.69, 9.17) is 9.84 Å². The molecule has 0 saturated heterocycles. The molecule has 17 heavy (non-hydrogen) atoms. The van der Waals surface area contributed by atoms with E-state index in [0.717, 1.165) is 0 Å². The van der Waals surface area contributed by atoms with Gasteiger partial charge in [0.15, 0.2) is 5.60 Å². The number of rotatable bonds is 8. The van der Waals surface area contributed by atoms with E-state index in [9.17, 15) is 14.7 Å². The molecular formula is C12H22O5. The average Bonchev–Trinajstić information content (AvgIpc) is 2.25. The maximum atomic E-state index is 11.4. The number of hydrogen-bond donors (Lipinski definition) is 2. The Morgan fingerprint density at radius 2 is 1.71 bits per heavy atom. The maximum Gasteiger partial charge on any atom is 0.336 e. The van der Waals surface area contributed by atoms with Gasteiger partial charge < -0.3 is 14.9 Å². The molecule has 5 heteroatoms. The molecule has 0 amide bonds. The van der Waals surface area contributed by atoms with Crippen molar-refractivity contribution < 1.29 is 24.5 Å². The normalized spacial score (nSPS) is 18.1. The van der Waals surface area contributed by atoms with Gasteiger partial charge in [0.1, 0.15) is 0 Å². The Balaban J connectivity index is 5.23. The molecule has 0 aromatic carbocycles. The van der Waals surface area contributed by atoms with Crippen LogP contribution in [0.1, 0.15) is 47.0 Å². The monoisotopic (exact) mass is 246 g/mol. The summed E-state index contributed by atoms with van der Waals surface area (Å²) in [5, 5.41) is 18.2. The zero-order valence-corrected chi connectivity index (χ0v) is 10.9. The molecule has 0 saturated carbocycles. The topological polar surface area (TPSA) is 83.8 Å². The first-order chi connectivity index (χ1) is 7.80. The van der Waals surface area contributed by atoms with Crippen molar-refractivity contribution in [3.05, 3.63) is 0 Å². The predicted molar refractivity (Wildman–Crippen MR) is 62.9 cm³/mol. The van der Waals surface area contributed by atoms with Crippen molar-refractivity contribution in [2.24, 2.45) is 5.92 Å². The van der Waals surface area contributed by atoms with Crippen molar-refractivity contribution in [1.29, 1.82) is 0 Å². The quantitative estimate of drug-likeness (QED) is 0.685. The summed E-state index contributed by atoms with van der Waals surface area (Å²) < 4.78 is 5.53. The SMILES string of the molecule is CCC(C)OC(CC(=O)O)(C(=O)O)C(C)CC. The number of carbonyl (C=O) groups is 2. The minimum Gasteiger partial charge on any atom is -0.481 e. The molecule has 0 fully saturated rings. The highest BCUT2D eigenvalue weighted by atomic mass is 16.5. The average molecular weight is 246 g/mol. The van der Waals surface area contributed by atoms with Gasteiger partial charge in [-0.15, -0.1) is 0 Å². The highest BCUT2D eigenvalue weighted by molar-refractivity contribution is 5.84. The molecule has 0 aromatic heterocycles. The summed E-state index contributed by atoms with van der Waals surface area (Å²) in [6.45, 7) is 7.15. The summed E-state index contributed by atoms with van der Waals surface area (Å²) in [5.74, 6) is -2.71. The van der Waals surface area contributed by atoms with Gasteiger partial charge in [0.2, 0.25) is 0 Å². The molecule has 0 bridgehead atoms. The second-order valence-electron chi connectivity index (χ2n) is 4.41. The van der Waals surface area contributed by atoms with Crippen molar-refractivity contribution in [2.45, 2.75) is 58.7 Å². The summed E-state index contributed by atoms with van der Waals surface area (Å²) >= 11 is 0. The highest BCUT2D eigenvalue weighted by Gasteiger charge is 2.47. The van der Waals surface area contributed by atoms with E-state index in [1.165, 1.54) is 0 Å². The first kappa shape index (κ1) is 15.9. The lowest BCUT2D eigenvalue weighted by Gasteiger charge is -2.35. The molecule has 0 spiro atoms. The van der Waals surface area contributed by atoms with Gasteiger partial charge in [-0.1, -0.05) is 27.2 Å². The largest absolute Gasteiger partial charge is 0.481 e. The van der Waals surface area contributed by atoms with Crippen LogP contribution < -0.4 is 0 Å². The Bertz CT molecular complexity index is 276. The lowest BCUT2D eigenvalue weighted by atomic mass is 9.83. The molecular weight excluding hydrogens is 224 g/mol. The minimum atomic E-state index is -1.63. The summed E-state index contributed by atoms with van der Waals surface area (Å²) in [6, 6.07) is 0. The fraction of sp³-hybridized carbons (Fsp3) is 0.833. The molecule has 0 aromatic rings. The molecule has 5 nitrogen and oxygen atoms in total. The Hall–Kier alpha value is -1.10. The second-order valence-corrected chi connectivity index (χ2v) is 4.41. The Morgan fingerprint density at radius 3 is 2.00 bits per heavy atom. The first-order valence-corrected chi connectivity index (χ1v) is 5.93. The van der Waals surface area contributed by atoms with Crippen LogP contribution in [0.3, 0.4) is 0 Å². The molecule has 3 atom stereocenters. The van der Waals surface area contributed by atoms with E-state index in [2.05, 4.69) is 0 Å². The number of aliphatic carboxylic acids is 2. The Morgan fingerprint density at radius 1 is 1.18 bits per heavy atom. The maximum absolute atomic E-state index is 11.4. The van der Waals surface area contributed by atoms with Crippen LogP contribution in [0.2, 0.25) is 0 Å². The molecule has 0 aliphatic heterocycles. The van der Waals surface area contributed by atoms with Gasteiger partial charge >= 0.3 is 11.9 Å². The van der Waals surface area contributed by atoms with Crippen molar-refractivity contribution in [3.8, 4) is 0 Å². The van der Waals surface area contributed by atoms with E-state index in [-0.39, 0.29) is 12.0 Å². The number of ether oxygens (including phenoxy) is 1. The predicted octanol–water partition coefficient (Wildman–Crippen LogP) is 2.15. The standard InChI is InChI=1S/C12H22O5/c1-5-8(3)12(11(15)16,7-10(13)14)17-9(4)6-2/h8-9H,5-7H2,1-4H3,(H,13,14)(H,15,16). The van der Waals surface area contributed by atoms with Crippen molar-refractivity contribution >= 4 is 11.9 Å². The zero-order chi connectivity index (χ0) is 13.6. The van der Waals surface area contributed by atoms with Crippen LogP contribution in [-0.4, -0.2) is 33.9 Å². The van der Waals surface area contributed by atoms with Crippen LogP contribution in [0.4, 0.5) is 0 Å². The lowest BCUT2D eigenvalue weighted by molar-refractivity contribution is -0.189. The number of hydrogen-bond acceptors (Lipinski definition) is 3. The van der Waals surface area contributed by atoms with E-state index < -0.39 is 24.0 Å². The molecule has 0 aliphatic rings. The Labute approximate surface area is 102 Å². The lowest BCUT2D eigenvalue weighted by Crippen LogP contribution is -2.50. The van der Waals surface area contributed by atoms with Gasteiger partial charge in [-0.3, -0.25) is 4.79 Å². The van der Waals surface area contributed by atoms with E-state index in [1.807, 2.05) is 13.8 Å². The van der Waals surface area contributed by atoms with E-state index >= 15 is 0 Å². The third kappa shape index (κ3) is 4.00. The molecule has 0 aliphatic carbocycles. The van der Waals surface area contributed by atoms with Crippen molar-refractivity contribution in [3.63, 3.8) is 0 Å². The third-order valence-electron chi connectivity index (χ3n) is 3.17. The summed E-state index contributed by atoms with van der Waals surface area (Å²) in [5.41, 5.74) is -1.63. The minimum absolute atomic E-state index is 0.278. The Kier molecular flexibility index (Phi) is 6.16. The van der Waals surface area contributed by atoms with Crippen molar-refractivity contribution in [2.75, 3.05) is 0 Å². The van der Waals surface area contributed by atoms with Crippen LogP contribution in [0.5, 0.6) is 0 Å². The van der Waals surface area contributed by atoms with Crippen molar-refractivity contribution in [1.82, 2.24) is 0 Å². The van der Waals surface area contributed by atoms with Gasteiger partial charge in [0, 0.05) is 0 Å². The van der Waals surface area contributed by atoms with Gasteiger partial charge in [-0.05, 0) is 19.3 Å². The summed E-state index contributed by atoms with van der Waals surface area (Å²) in [7, 11) is 0. The first-order valence-electron chi connectivity index (χ1n) is 5.93. The molecule has 0 heterocycles. The fourth-order valence-corrected chi connectivity index (χ4v) is 1.67. The summed E-state index contributed by atoms with van der Waals surface area (Å²) in [6.07, 6.45) is 0.405. The number of carboxylic acid groups (broad SMARTS) is 2. The van der Waals surface area contributed by atoms with E-state index in [1.54, 1.807) is 13.8 Å². The molecule has 3 unspecified atom stereocenters. The van der Waals surface area contributed by atoms with Crippen LogP contribution in [0.25, 0.3) is 0 Å². The zero-order valence-electron chi connectivity index (χ0n) is 10.9. The second kappa shape index (κ2) is 6.59. The van der Waals surface area contributed by atoms with Crippen LogP contribution >= 0.6 is 0 Å². The molecule has 0 radical (unpaired) electrons. The van der Waals surface area contributed by atoms with E-state index in [0.29, 0.717) is 12.8 Å². The number of carboxylic acids is 2. The van der Waals surface area contributed by atoms with Gasteiger partial charge in [0.05, 0.1) is 12.5 Å². The molecule has 100 valence electrons. The third-order valence-corrected chi connectivity index (χ3v) is 3.17. The highest BCUT2D eigenvalue weighted by Crippen LogP contribution is 2.31. The van der Waals surface area contributed by atoms with Gasteiger partial charge in [-0.25, -0.2) is 4.79 Å². The van der Waals surface area contributed by atoms with Gasteiger partial charge in [0.25, 0.3) is 0 Å². The van der Waals surface area contributed by atoms with Gasteiger partial charge in [-0.2, -0.15) is 0 Å². The van der Waals surface area contributed by atoms with Crippen LogP contribution in [-0.2, 0) is 14.3 Å². The van der Waals surface area contributed by atoms with Crippen LogP contribution in [0.15, 0.2) is 0 Å². The molecule has 0 rings (SSSR count).